The van der Waals surface area contributed by atoms with Crippen molar-refractivity contribution in [3.63, 3.8) is 0 Å². The third-order valence-electron chi connectivity index (χ3n) is 4.87. The number of nitrogens with two attached hydrogens (primary N) is 1. The van der Waals surface area contributed by atoms with Gasteiger partial charge < -0.3 is 14.9 Å². The molecule has 2 aliphatic heterocycles. The number of rotatable bonds is 3. The Morgan fingerprint density at radius 2 is 1.59 bits per heavy atom. The van der Waals surface area contributed by atoms with Crippen LogP contribution in [-0.2, 0) is 4.79 Å². The zero-order valence-corrected chi connectivity index (χ0v) is 14.5. The quantitative estimate of drug-likeness (QED) is 0.455. The number of hydrogen-bond donors (Lipinski definition) is 2. The van der Waals surface area contributed by atoms with Crippen LogP contribution in [0, 0.1) is 0 Å². The van der Waals surface area contributed by atoms with Crippen molar-refractivity contribution < 1.29 is 9.90 Å². The molecule has 6 nitrogen and oxygen atoms in total. The molecule has 2 rings (SSSR count). The van der Waals surface area contributed by atoms with Crippen LogP contribution in [-0.4, -0.2) is 78.2 Å². The minimum absolute atomic E-state index is 0.0565. The molecule has 22 heavy (non-hydrogen) atoms. The van der Waals surface area contributed by atoms with E-state index in [0.717, 1.165) is 19.5 Å². The first-order chi connectivity index (χ1) is 10.5. The molecule has 0 bridgehead atoms. The highest BCUT2D eigenvalue weighted by Crippen LogP contribution is 2.15. The first kappa shape index (κ1) is 19.4. The van der Waals surface area contributed by atoms with Crippen molar-refractivity contribution in [2.75, 3.05) is 40.3 Å². The third-order valence-corrected chi connectivity index (χ3v) is 4.87. The monoisotopic (exact) mass is 314 g/mol. The molecule has 2 fully saturated rings. The van der Waals surface area contributed by atoms with Crippen molar-refractivity contribution in [2.24, 2.45) is 5.84 Å². The van der Waals surface area contributed by atoms with Gasteiger partial charge in [0.25, 0.3) is 0 Å². The molecule has 3 N–H and O–H groups in total. The summed E-state index contributed by atoms with van der Waals surface area (Å²) in [6.07, 6.45) is 7.42. The summed E-state index contributed by atoms with van der Waals surface area (Å²) in [6, 6.07) is 0.890. The number of carbonyl (C=O) groups is 1. The van der Waals surface area contributed by atoms with Crippen LogP contribution in [0.25, 0.3) is 0 Å². The summed E-state index contributed by atoms with van der Waals surface area (Å²) >= 11 is 0. The van der Waals surface area contributed by atoms with E-state index >= 15 is 0 Å². The highest BCUT2D eigenvalue weighted by Gasteiger charge is 2.21. The summed E-state index contributed by atoms with van der Waals surface area (Å²) in [5, 5.41) is 10.1. The third kappa shape index (κ3) is 6.60. The van der Waals surface area contributed by atoms with Gasteiger partial charge in [-0.3, -0.25) is 9.80 Å². The number of aliphatic hydroxyl groups is 1. The smallest absolute Gasteiger partial charge is 0.233 e. The molecular weight excluding hydrogens is 280 g/mol. The predicted octanol–water partition coefficient (Wildman–Crippen LogP) is 0.656. The molecule has 0 aliphatic carbocycles. The molecule has 2 aliphatic rings. The molecule has 2 atom stereocenters. The van der Waals surface area contributed by atoms with E-state index in [-0.39, 0.29) is 5.91 Å². The van der Waals surface area contributed by atoms with Crippen molar-refractivity contribution in [1.29, 1.82) is 0 Å². The van der Waals surface area contributed by atoms with E-state index in [4.69, 9.17) is 10.9 Å². The number of likely N-dealkylation sites (tertiary alicyclic amines) is 2. The van der Waals surface area contributed by atoms with Crippen LogP contribution in [0.15, 0.2) is 0 Å². The highest BCUT2D eigenvalue weighted by atomic mass is 16.3. The summed E-state index contributed by atoms with van der Waals surface area (Å²) in [6.45, 7) is 4.77. The zero-order chi connectivity index (χ0) is 16.5. The second-order valence-corrected chi connectivity index (χ2v) is 6.61. The molecule has 0 aromatic heterocycles. The predicted molar refractivity (Wildman–Crippen MR) is 89.2 cm³/mol. The molecule has 130 valence electrons. The summed E-state index contributed by atoms with van der Waals surface area (Å²) in [7, 11) is 4.18. The van der Waals surface area contributed by atoms with Crippen molar-refractivity contribution in [2.45, 2.75) is 57.5 Å². The standard InChI is InChI=1S/C9H19N3O.C7H15NO/c1-8(13)12(10)7-9-5-3-4-6-11(9)2;1-8-5-3-2-4-7(8)6-9/h9H,3-7,10H2,1-2H3;7,9H,2-6H2,1H3/t9-;7-/m00/s1. The number of likely N-dealkylation sites (N-methyl/N-ethyl adjacent to an activating group) is 2. The first-order valence-corrected chi connectivity index (χ1v) is 8.49. The number of hydrazine groups is 1. The number of hydrogen-bond acceptors (Lipinski definition) is 5. The number of carbonyl (C=O) groups excluding carboxylic acids is 1. The van der Waals surface area contributed by atoms with E-state index in [1.807, 2.05) is 0 Å². The topological polar surface area (TPSA) is 73.0 Å². The molecule has 0 aromatic carbocycles. The fraction of sp³-hybridized carbons (Fsp3) is 0.938. The maximum absolute atomic E-state index is 10.9. The van der Waals surface area contributed by atoms with E-state index in [2.05, 4.69) is 23.9 Å². The Labute approximate surface area is 135 Å². The van der Waals surface area contributed by atoms with Crippen LogP contribution in [0.3, 0.4) is 0 Å². The molecular formula is C16H34N4O2. The van der Waals surface area contributed by atoms with Crippen LogP contribution in [0.4, 0.5) is 0 Å². The molecule has 0 saturated carbocycles. The molecule has 0 unspecified atom stereocenters. The minimum Gasteiger partial charge on any atom is -0.395 e. The first-order valence-electron chi connectivity index (χ1n) is 8.49. The lowest BCUT2D eigenvalue weighted by molar-refractivity contribution is -0.130. The van der Waals surface area contributed by atoms with Gasteiger partial charge in [-0.1, -0.05) is 12.8 Å². The van der Waals surface area contributed by atoms with E-state index in [0.29, 0.717) is 25.2 Å². The van der Waals surface area contributed by atoms with Crippen molar-refractivity contribution in [3.05, 3.63) is 0 Å². The fourth-order valence-corrected chi connectivity index (χ4v) is 3.11. The van der Waals surface area contributed by atoms with Gasteiger partial charge in [-0.25, -0.2) is 5.84 Å². The number of aliphatic hydroxyl groups excluding tert-OH is 1. The van der Waals surface area contributed by atoms with Crippen molar-refractivity contribution in [3.8, 4) is 0 Å². The van der Waals surface area contributed by atoms with Crippen LogP contribution in [0.1, 0.15) is 45.4 Å². The van der Waals surface area contributed by atoms with Crippen LogP contribution >= 0.6 is 0 Å². The van der Waals surface area contributed by atoms with E-state index in [1.54, 1.807) is 0 Å². The Bertz CT molecular complexity index is 327. The van der Waals surface area contributed by atoms with Gasteiger partial charge in [0.15, 0.2) is 0 Å². The minimum atomic E-state index is -0.0565. The van der Waals surface area contributed by atoms with Crippen LogP contribution < -0.4 is 5.84 Å². The van der Waals surface area contributed by atoms with Gasteiger partial charge in [0.1, 0.15) is 0 Å². The van der Waals surface area contributed by atoms with Crippen LogP contribution in [0.2, 0.25) is 0 Å². The zero-order valence-electron chi connectivity index (χ0n) is 14.5. The molecule has 0 aromatic rings. The summed E-state index contributed by atoms with van der Waals surface area (Å²) in [4.78, 5) is 15.4. The molecule has 0 radical (unpaired) electrons. The van der Waals surface area contributed by atoms with Gasteiger partial charge in [-0.2, -0.15) is 0 Å². The Morgan fingerprint density at radius 1 is 1.09 bits per heavy atom. The maximum Gasteiger partial charge on any atom is 0.233 e. The maximum atomic E-state index is 10.9. The van der Waals surface area contributed by atoms with Gasteiger partial charge in [0, 0.05) is 19.0 Å². The second kappa shape index (κ2) is 10.2. The molecule has 1 amide bonds. The van der Waals surface area contributed by atoms with Gasteiger partial charge in [-0.15, -0.1) is 0 Å². The summed E-state index contributed by atoms with van der Waals surface area (Å²) in [5.41, 5.74) is 0. The van der Waals surface area contributed by atoms with Gasteiger partial charge in [0.05, 0.1) is 13.2 Å². The van der Waals surface area contributed by atoms with Crippen molar-refractivity contribution >= 4 is 5.91 Å². The Hall–Kier alpha value is -0.690. The van der Waals surface area contributed by atoms with Crippen molar-refractivity contribution in [1.82, 2.24) is 14.8 Å². The largest absolute Gasteiger partial charge is 0.395 e. The highest BCUT2D eigenvalue weighted by molar-refractivity contribution is 5.72. The number of amides is 1. The van der Waals surface area contributed by atoms with Crippen LogP contribution in [0.5, 0.6) is 0 Å². The van der Waals surface area contributed by atoms with Gasteiger partial charge in [-0.05, 0) is 52.9 Å². The molecule has 0 spiro atoms. The number of piperidine rings is 2. The molecule has 6 heteroatoms. The molecule has 2 heterocycles. The SMILES string of the molecule is CC(=O)N(N)C[C@@H]1CCCCN1C.CN1CCCC[C@H]1CO. The average molecular weight is 314 g/mol. The lowest BCUT2D eigenvalue weighted by Gasteiger charge is -2.34. The Balaban J connectivity index is 0.000000235. The Morgan fingerprint density at radius 3 is 1.95 bits per heavy atom. The van der Waals surface area contributed by atoms with Gasteiger partial charge >= 0.3 is 0 Å². The summed E-state index contributed by atoms with van der Waals surface area (Å²) < 4.78 is 0. The van der Waals surface area contributed by atoms with E-state index in [1.165, 1.54) is 44.0 Å². The second-order valence-electron chi connectivity index (χ2n) is 6.61. The van der Waals surface area contributed by atoms with E-state index in [9.17, 15) is 4.79 Å². The molecule has 2 saturated heterocycles. The fourth-order valence-electron chi connectivity index (χ4n) is 3.11. The summed E-state index contributed by atoms with van der Waals surface area (Å²) in [5.74, 6) is 5.51. The lowest BCUT2D eigenvalue weighted by atomic mass is 10.0. The normalized spacial score (nSPS) is 27.0. The Kier molecular flexibility index (Phi) is 8.93. The number of nitrogens with zero attached hydrogens (tertiary/aromatic N) is 3. The average Bonchev–Trinajstić information content (AvgIpc) is 2.50. The van der Waals surface area contributed by atoms with E-state index < -0.39 is 0 Å². The lowest BCUT2D eigenvalue weighted by Crippen LogP contribution is -2.48. The van der Waals surface area contributed by atoms with Gasteiger partial charge in [0.2, 0.25) is 5.91 Å².